The van der Waals surface area contributed by atoms with E-state index in [-0.39, 0.29) is 34.0 Å². The summed E-state index contributed by atoms with van der Waals surface area (Å²) in [6.45, 7) is 0. The average Bonchev–Trinajstić information content (AvgIpc) is 3.23. The summed E-state index contributed by atoms with van der Waals surface area (Å²) in [5.74, 6) is -0.260. The van der Waals surface area contributed by atoms with Gasteiger partial charge in [-0.1, -0.05) is 12.1 Å². The van der Waals surface area contributed by atoms with Gasteiger partial charge in [0, 0.05) is 47.3 Å². The number of phenols is 1. The van der Waals surface area contributed by atoms with E-state index in [1.54, 1.807) is 18.2 Å². The summed E-state index contributed by atoms with van der Waals surface area (Å²) in [6, 6.07) is 12.1. The zero-order chi connectivity index (χ0) is 24.3. The van der Waals surface area contributed by atoms with Crippen LogP contribution in [0, 0.1) is 16.0 Å². The van der Waals surface area contributed by atoms with Crippen LogP contribution in [-0.2, 0) is 0 Å². The van der Waals surface area contributed by atoms with Gasteiger partial charge in [0.15, 0.2) is 11.4 Å². The van der Waals surface area contributed by atoms with Crippen molar-refractivity contribution in [2.45, 2.75) is 24.8 Å². The molecule has 2 N–H and O–H groups in total. The van der Waals surface area contributed by atoms with Gasteiger partial charge in [0.25, 0.3) is 11.6 Å². The largest absolute Gasteiger partial charge is 0.507 e. The minimum atomic E-state index is -0.637. The Kier molecular flexibility index (Phi) is 4.47. The molecular formula is C25H19N5O5. The Balaban J connectivity index is 1.24. The smallest absolute Gasteiger partial charge is 0.270 e. The SMILES string of the molecule is O=C(NC12CC(C1)C2)c1ccc(-c2cc3ncc(C(=O)c4cc([N+](=O)[O-])ccc4O)cn3n2)cc1. The van der Waals surface area contributed by atoms with E-state index in [0.29, 0.717) is 16.9 Å². The molecule has 2 bridgehead atoms. The highest BCUT2D eigenvalue weighted by Gasteiger charge is 2.57. The van der Waals surface area contributed by atoms with E-state index < -0.39 is 10.7 Å². The Labute approximate surface area is 198 Å². The maximum atomic E-state index is 12.9. The molecule has 2 heterocycles. The summed E-state index contributed by atoms with van der Waals surface area (Å²) in [6.07, 6.45) is 6.03. The number of benzene rings is 2. The highest BCUT2D eigenvalue weighted by molar-refractivity contribution is 6.10. The molecule has 174 valence electrons. The van der Waals surface area contributed by atoms with Crippen LogP contribution >= 0.6 is 0 Å². The average molecular weight is 469 g/mol. The summed E-state index contributed by atoms with van der Waals surface area (Å²) in [4.78, 5) is 40.1. The first-order chi connectivity index (χ1) is 16.8. The Morgan fingerprint density at radius 1 is 1.09 bits per heavy atom. The molecule has 4 aromatic rings. The van der Waals surface area contributed by atoms with Crippen LogP contribution in [0.4, 0.5) is 5.69 Å². The molecule has 0 saturated heterocycles. The van der Waals surface area contributed by atoms with Crippen molar-refractivity contribution in [3.05, 3.63) is 87.7 Å². The molecule has 3 saturated carbocycles. The number of phenolic OH excluding ortho intramolecular Hbond substituents is 1. The number of aromatic hydroxyl groups is 1. The maximum Gasteiger partial charge on any atom is 0.270 e. The van der Waals surface area contributed by atoms with Crippen molar-refractivity contribution < 1.29 is 19.6 Å². The number of nitro groups is 1. The number of nitrogens with zero attached hydrogens (tertiary/aromatic N) is 4. The maximum absolute atomic E-state index is 12.9. The Morgan fingerprint density at radius 3 is 2.49 bits per heavy atom. The Morgan fingerprint density at radius 2 is 1.83 bits per heavy atom. The second-order valence-electron chi connectivity index (χ2n) is 9.25. The minimum absolute atomic E-state index is 0.0181. The molecule has 1 amide bonds. The fourth-order valence-corrected chi connectivity index (χ4v) is 4.85. The number of nitro benzene ring substituents is 1. The number of ketones is 1. The number of carbonyl (C=O) groups excluding carboxylic acids is 2. The lowest BCUT2D eigenvalue weighted by Gasteiger charge is -2.61. The van der Waals surface area contributed by atoms with Crippen LogP contribution in [0.1, 0.15) is 45.5 Å². The molecule has 2 aromatic heterocycles. The summed E-state index contributed by atoms with van der Waals surface area (Å²) in [7, 11) is 0. The van der Waals surface area contributed by atoms with Crippen molar-refractivity contribution >= 4 is 23.0 Å². The van der Waals surface area contributed by atoms with Crippen LogP contribution < -0.4 is 5.32 Å². The van der Waals surface area contributed by atoms with Crippen LogP contribution in [0.15, 0.2) is 60.9 Å². The van der Waals surface area contributed by atoms with Crippen LogP contribution in [0.25, 0.3) is 16.9 Å². The molecular weight excluding hydrogens is 450 g/mol. The molecule has 7 rings (SSSR count). The van der Waals surface area contributed by atoms with Crippen molar-refractivity contribution in [3.63, 3.8) is 0 Å². The lowest BCUT2D eigenvalue weighted by Crippen LogP contribution is -2.68. The lowest BCUT2D eigenvalue weighted by molar-refractivity contribution is -0.384. The van der Waals surface area contributed by atoms with Gasteiger partial charge in [-0.3, -0.25) is 19.7 Å². The number of carbonyl (C=O) groups is 2. The zero-order valence-electron chi connectivity index (χ0n) is 18.3. The Hall–Kier alpha value is -4.60. The molecule has 35 heavy (non-hydrogen) atoms. The van der Waals surface area contributed by atoms with Gasteiger partial charge >= 0.3 is 0 Å². The third kappa shape index (κ3) is 3.50. The number of hydrogen-bond acceptors (Lipinski definition) is 7. The third-order valence-corrected chi connectivity index (χ3v) is 6.87. The van der Waals surface area contributed by atoms with Crippen LogP contribution in [-0.4, -0.2) is 41.9 Å². The minimum Gasteiger partial charge on any atom is -0.507 e. The molecule has 0 atom stereocenters. The van der Waals surface area contributed by atoms with E-state index in [9.17, 15) is 24.8 Å². The van der Waals surface area contributed by atoms with E-state index in [2.05, 4.69) is 15.4 Å². The quantitative estimate of drug-likeness (QED) is 0.250. The van der Waals surface area contributed by atoms with Gasteiger partial charge in [-0.25, -0.2) is 9.50 Å². The van der Waals surface area contributed by atoms with E-state index in [1.807, 2.05) is 12.1 Å². The predicted octanol–water partition coefficient (Wildman–Crippen LogP) is 3.52. The van der Waals surface area contributed by atoms with Crippen LogP contribution in [0.2, 0.25) is 0 Å². The second-order valence-corrected chi connectivity index (χ2v) is 9.25. The molecule has 0 spiro atoms. The summed E-state index contributed by atoms with van der Waals surface area (Å²) >= 11 is 0. The van der Waals surface area contributed by atoms with Crippen molar-refractivity contribution in [1.82, 2.24) is 19.9 Å². The van der Waals surface area contributed by atoms with Gasteiger partial charge in [0.1, 0.15) is 5.75 Å². The monoisotopic (exact) mass is 469 g/mol. The predicted molar refractivity (Wildman–Crippen MR) is 124 cm³/mol. The number of fused-ring (bicyclic) bond motifs is 1. The third-order valence-electron chi connectivity index (χ3n) is 6.87. The van der Waals surface area contributed by atoms with E-state index in [4.69, 9.17) is 0 Å². The van der Waals surface area contributed by atoms with Crippen molar-refractivity contribution in [1.29, 1.82) is 0 Å². The first kappa shape index (κ1) is 21.0. The normalized spacial score (nSPS) is 20.1. The second kappa shape index (κ2) is 7.45. The van der Waals surface area contributed by atoms with Gasteiger partial charge in [0.05, 0.1) is 21.7 Å². The highest BCUT2D eigenvalue weighted by Crippen LogP contribution is 2.57. The number of nitrogens with one attached hydrogen (secondary N) is 1. The van der Waals surface area contributed by atoms with Gasteiger partial charge in [-0.15, -0.1) is 0 Å². The molecule has 3 fully saturated rings. The number of hydrogen-bond donors (Lipinski definition) is 2. The fraction of sp³-hybridized carbons (Fsp3) is 0.200. The highest BCUT2D eigenvalue weighted by atomic mass is 16.6. The molecule has 0 aliphatic heterocycles. The molecule has 10 nitrogen and oxygen atoms in total. The van der Waals surface area contributed by atoms with Gasteiger partial charge in [-0.2, -0.15) is 5.10 Å². The summed E-state index contributed by atoms with van der Waals surface area (Å²) < 4.78 is 1.43. The van der Waals surface area contributed by atoms with E-state index in [0.717, 1.165) is 48.9 Å². The zero-order valence-corrected chi connectivity index (χ0v) is 18.3. The molecule has 0 unspecified atom stereocenters. The van der Waals surface area contributed by atoms with Crippen molar-refractivity contribution in [2.75, 3.05) is 0 Å². The molecule has 2 aromatic carbocycles. The summed E-state index contributed by atoms with van der Waals surface area (Å²) in [5, 5.41) is 28.7. The van der Waals surface area contributed by atoms with E-state index >= 15 is 0 Å². The van der Waals surface area contributed by atoms with E-state index in [1.165, 1.54) is 16.9 Å². The summed E-state index contributed by atoms with van der Waals surface area (Å²) in [5.41, 5.74) is 2.10. The Bertz CT molecular complexity index is 1520. The molecule has 3 aliphatic carbocycles. The molecule has 0 radical (unpaired) electrons. The fourth-order valence-electron chi connectivity index (χ4n) is 4.85. The standard InChI is InChI=1S/C25H19N5O5/c31-21-6-5-18(30(34)35)7-19(21)23(32)17-12-26-22-8-20(28-29(22)13-17)15-1-3-16(4-2-15)24(33)27-25-9-14(10-25)11-25/h1-8,12-14,31H,9-11H2,(H,27,33). The lowest BCUT2D eigenvalue weighted by atomic mass is 9.50. The number of non-ortho nitro benzene ring substituents is 1. The van der Waals surface area contributed by atoms with Gasteiger partial charge in [-0.05, 0) is 43.4 Å². The molecule has 10 heteroatoms. The topological polar surface area (TPSA) is 140 Å². The van der Waals surface area contributed by atoms with Crippen LogP contribution in [0.5, 0.6) is 5.75 Å². The van der Waals surface area contributed by atoms with Gasteiger partial charge in [0.2, 0.25) is 0 Å². The molecule has 3 aliphatic rings. The first-order valence-corrected chi connectivity index (χ1v) is 11.1. The van der Waals surface area contributed by atoms with Gasteiger partial charge < -0.3 is 10.4 Å². The van der Waals surface area contributed by atoms with Crippen molar-refractivity contribution in [2.24, 2.45) is 5.92 Å². The number of rotatable bonds is 6. The van der Waals surface area contributed by atoms with Crippen molar-refractivity contribution in [3.8, 4) is 17.0 Å². The number of aromatic nitrogens is 3. The number of amides is 1. The van der Waals surface area contributed by atoms with Crippen LogP contribution in [0.3, 0.4) is 0 Å². The first-order valence-electron chi connectivity index (χ1n) is 11.1.